The summed E-state index contributed by atoms with van der Waals surface area (Å²) in [6.07, 6.45) is 1.72. The Labute approximate surface area is 80.9 Å². The Hall–Kier alpha value is -1.54. The highest BCUT2D eigenvalue weighted by Crippen LogP contribution is 2.25. The fourth-order valence-corrected chi connectivity index (χ4v) is 1.48. The van der Waals surface area contributed by atoms with Crippen molar-refractivity contribution in [3.8, 4) is 6.07 Å². The highest BCUT2D eigenvalue weighted by molar-refractivity contribution is 7.16. The standard InChI is InChI=1S/C8H10N4S/c1-3-4-11-7-6(5-9)13-8(10-2)12-7/h3,11H,1,4H2,2H3,(H,10,12). The Bertz CT molecular complexity index is 336. The number of rotatable bonds is 4. The molecular formula is C8H10N4S. The van der Waals surface area contributed by atoms with Crippen LogP contribution >= 0.6 is 11.3 Å². The SMILES string of the molecule is C=CCNc1nc(NC)sc1C#N. The van der Waals surface area contributed by atoms with Gasteiger partial charge in [0.2, 0.25) is 0 Å². The molecule has 1 aromatic heterocycles. The maximum absolute atomic E-state index is 8.75. The second-order valence-corrected chi connectivity index (χ2v) is 3.23. The third-order valence-corrected chi connectivity index (χ3v) is 2.33. The van der Waals surface area contributed by atoms with Gasteiger partial charge in [0, 0.05) is 13.6 Å². The fraction of sp³-hybridized carbons (Fsp3) is 0.250. The van der Waals surface area contributed by atoms with Gasteiger partial charge in [-0.3, -0.25) is 0 Å². The highest BCUT2D eigenvalue weighted by Gasteiger charge is 2.07. The summed E-state index contributed by atoms with van der Waals surface area (Å²) in [7, 11) is 1.78. The average Bonchev–Trinajstić information content (AvgIpc) is 2.57. The van der Waals surface area contributed by atoms with E-state index in [1.807, 2.05) is 0 Å². The number of hydrogen-bond acceptors (Lipinski definition) is 5. The smallest absolute Gasteiger partial charge is 0.185 e. The zero-order chi connectivity index (χ0) is 9.68. The van der Waals surface area contributed by atoms with E-state index >= 15 is 0 Å². The summed E-state index contributed by atoms with van der Waals surface area (Å²) in [5, 5.41) is 15.4. The van der Waals surface area contributed by atoms with Crippen LogP contribution in [0.5, 0.6) is 0 Å². The Morgan fingerprint density at radius 1 is 1.77 bits per heavy atom. The maximum Gasteiger partial charge on any atom is 0.185 e. The van der Waals surface area contributed by atoms with Crippen molar-refractivity contribution >= 4 is 22.3 Å². The molecule has 2 N–H and O–H groups in total. The summed E-state index contributed by atoms with van der Waals surface area (Å²) in [6, 6.07) is 2.08. The molecule has 0 aliphatic heterocycles. The number of nitrogens with one attached hydrogen (secondary N) is 2. The predicted molar refractivity (Wildman–Crippen MR) is 55.1 cm³/mol. The number of anilines is 2. The van der Waals surface area contributed by atoms with Gasteiger partial charge in [-0.25, -0.2) is 4.98 Å². The van der Waals surface area contributed by atoms with E-state index in [1.54, 1.807) is 13.1 Å². The van der Waals surface area contributed by atoms with E-state index < -0.39 is 0 Å². The monoisotopic (exact) mass is 194 g/mol. The highest BCUT2D eigenvalue weighted by atomic mass is 32.1. The molecule has 0 amide bonds. The zero-order valence-electron chi connectivity index (χ0n) is 7.29. The van der Waals surface area contributed by atoms with E-state index in [0.29, 0.717) is 17.2 Å². The molecule has 0 radical (unpaired) electrons. The van der Waals surface area contributed by atoms with Crippen LogP contribution in [0, 0.1) is 11.3 Å². The first kappa shape index (κ1) is 9.55. The normalized spacial score (nSPS) is 8.92. The fourth-order valence-electron chi connectivity index (χ4n) is 0.792. The van der Waals surface area contributed by atoms with Gasteiger partial charge in [0.1, 0.15) is 6.07 Å². The molecule has 0 aliphatic rings. The Kier molecular flexibility index (Phi) is 3.29. The molecule has 0 spiro atoms. The van der Waals surface area contributed by atoms with Crippen LogP contribution in [0.15, 0.2) is 12.7 Å². The van der Waals surface area contributed by atoms with Crippen LogP contribution in [-0.4, -0.2) is 18.6 Å². The molecular weight excluding hydrogens is 184 g/mol. The van der Waals surface area contributed by atoms with Gasteiger partial charge in [-0.15, -0.1) is 6.58 Å². The molecule has 4 nitrogen and oxygen atoms in total. The first-order chi connectivity index (χ1) is 6.31. The van der Waals surface area contributed by atoms with E-state index in [0.717, 1.165) is 5.13 Å². The minimum absolute atomic E-state index is 0.589. The van der Waals surface area contributed by atoms with Crippen molar-refractivity contribution in [2.75, 3.05) is 24.2 Å². The second kappa shape index (κ2) is 4.48. The van der Waals surface area contributed by atoms with Crippen molar-refractivity contribution in [1.29, 1.82) is 5.26 Å². The Balaban J connectivity index is 2.85. The molecule has 0 fully saturated rings. The molecule has 1 aromatic rings. The lowest BCUT2D eigenvalue weighted by Crippen LogP contribution is -1.99. The maximum atomic E-state index is 8.75. The average molecular weight is 194 g/mol. The summed E-state index contributed by atoms with van der Waals surface area (Å²) < 4.78 is 0. The van der Waals surface area contributed by atoms with Crippen LogP contribution in [0.4, 0.5) is 10.9 Å². The molecule has 0 atom stereocenters. The number of nitriles is 1. The Morgan fingerprint density at radius 2 is 2.54 bits per heavy atom. The van der Waals surface area contributed by atoms with Gasteiger partial charge >= 0.3 is 0 Å². The van der Waals surface area contributed by atoms with Crippen LogP contribution in [-0.2, 0) is 0 Å². The largest absolute Gasteiger partial charge is 0.365 e. The van der Waals surface area contributed by atoms with Crippen LogP contribution in [0.3, 0.4) is 0 Å². The quantitative estimate of drug-likeness (QED) is 0.715. The van der Waals surface area contributed by atoms with E-state index in [9.17, 15) is 0 Å². The number of nitrogens with zero attached hydrogens (tertiary/aromatic N) is 2. The molecule has 1 rings (SSSR count). The van der Waals surface area contributed by atoms with Gasteiger partial charge in [0.25, 0.3) is 0 Å². The van der Waals surface area contributed by atoms with Crippen molar-refractivity contribution in [1.82, 2.24) is 4.98 Å². The number of aromatic nitrogens is 1. The van der Waals surface area contributed by atoms with Crippen LogP contribution < -0.4 is 10.6 Å². The van der Waals surface area contributed by atoms with Gasteiger partial charge in [-0.1, -0.05) is 17.4 Å². The third-order valence-electron chi connectivity index (χ3n) is 1.36. The minimum atomic E-state index is 0.589. The van der Waals surface area contributed by atoms with Gasteiger partial charge in [-0.2, -0.15) is 5.26 Å². The molecule has 0 unspecified atom stereocenters. The van der Waals surface area contributed by atoms with Crippen molar-refractivity contribution in [2.24, 2.45) is 0 Å². The zero-order valence-corrected chi connectivity index (χ0v) is 8.11. The lowest BCUT2D eigenvalue weighted by molar-refractivity contribution is 1.25. The first-order valence-electron chi connectivity index (χ1n) is 3.75. The summed E-state index contributed by atoms with van der Waals surface area (Å²) in [5.74, 6) is 0.622. The number of thiazole rings is 1. The molecule has 0 bridgehead atoms. The Morgan fingerprint density at radius 3 is 3.08 bits per heavy atom. The second-order valence-electron chi connectivity index (χ2n) is 2.23. The summed E-state index contributed by atoms with van der Waals surface area (Å²) in [5.41, 5.74) is 0. The first-order valence-corrected chi connectivity index (χ1v) is 4.57. The van der Waals surface area contributed by atoms with Gasteiger partial charge in [0.05, 0.1) is 0 Å². The van der Waals surface area contributed by atoms with Gasteiger partial charge in [-0.05, 0) is 0 Å². The lowest BCUT2D eigenvalue weighted by atomic mass is 10.5. The van der Waals surface area contributed by atoms with Gasteiger partial charge < -0.3 is 10.6 Å². The lowest BCUT2D eigenvalue weighted by Gasteiger charge is -1.96. The van der Waals surface area contributed by atoms with E-state index in [1.165, 1.54) is 11.3 Å². The minimum Gasteiger partial charge on any atom is -0.365 e. The van der Waals surface area contributed by atoms with Crippen LogP contribution in [0.2, 0.25) is 0 Å². The molecule has 0 aromatic carbocycles. The molecule has 0 aliphatic carbocycles. The van der Waals surface area contributed by atoms with E-state index in [-0.39, 0.29) is 0 Å². The molecule has 68 valence electrons. The van der Waals surface area contributed by atoms with E-state index in [2.05, 4.69) is 28.3 Å². The predicted octanol–water partition coefficient (Wildman–Crippen LogP) is 1.65. The van der Waals surface area contributed by atoms with Gasteiger partial charge in [0.15, 0.2) is 15.8 Å². The third kappa shape index (κ3) is 2.20. The molecule has 5 heteroatoms. The van der Waals surface area contributed by atoms with Crippen LogP contribution in [0.1, 0.15) is 4.88 Å². The molecule has 0 saturated heterocycles. The number of hydrogen-bond donors (Lipinski definition) is 2. The van der Waals surface area contributed by atoms with Crippen molar-refractivity contribution in [3.63, 3.8) is 0 Å². The van der Waals surface area contributed by atoms with E-state index in [4.69, 9.17) is 5.26 Å². The van der Waals surface area contributed by atoms with Crippen molar-refractivity contribution in [2.45, 2.75) is 0 Å². The van der Waals surface area contributed by atoms with Crippen molar-refractivity contribution in [3.05, 3.63) is 17.5 Å². The molecule has 13 heavy (non-hydrogen) atoms. The van der Waals surface area contributed by atoms with Crippen LogP contribution in [0.25, 0.3) is 0 Å². The molecule has 1 heterocycles. The molecule has 0 saturated carbocycles. The summed E-state index contributed by atoms with van der Waals surface area (Å²) in [4.78, 5) is 4.75. The topological polar surface area (TPSA) is 60.7 Å². The summed E-state index contributed by atoms with van der Waals surface area (Å²) >= 11 is 1.33. The summed E-state index contributed by atoms with van der Waals surface area (Å²) in [6.45, 7) is 4.19. The van der Waals surface area contributed by atoms with Crippen molar-refractivity contribution < 1.29 is 0 Å².